The van der Waals surface area contributed by atoms with Gasteiger partial charge in [-0.1, -0.05) is 106 Å². The Labute approximate surface area is 501 Å². The molecule has 86 heavy (non-hydrogen) atoms. The first-order valence-electron chi connectivity index (χ1n) is 28.8. The Hall–Kier alpha value is -7.06. The summed E-state index contributed by atoms with van der Waals surface area (Å²) in [5.41, 5.74) is 18.4. The number of rotatable bonds is 20. The van der Waals surface area contributed by atoms with Crippen LogP contribution in [-0.4, -0.2) is 157 Å². The number of aliphatic hydroxyl groups is 5. The van der Waals surface area contributed by atoms with Crippen LogP contribution in [0.3, 0.4) is 0 Å². The van der Waals surface area contributed by atoms with Crippen molar-refractivity contribution in [2.24, 2.45) is 11.8 Å². The Bertz CT molecular complexity index is 3040. The first-order chi connectivity index (χ1) is 40.7. The number of fused-ring (bicyclic) bond motifs is 2. The van der Waals surface area contributed by atoms with Crippen LogP contribution in [0, 0.1) is 11.8 Å². The normalized spacial score (nSPS) is 23.5. The van der Waals surface area contributed by atoms with Crippen molar-refractivity contribution < 1.29 is 92.2 Å². The number of hydrogen-bond donors (Lipinski definition) is 7. The second-order valence-corrected chi connectivity index (χ2v) is 22.7. The summed E-state index contributed by atoms with van der Waals surface area (Å²) in [6, 6.07) is 17.5. The molecular formula is C63H84N4O19. The second kappa shape index (κ2) is 29.6. The SMILES string of the molecule is CC(=O)OCC1O[C@@H](OCCOc2cc3c(cc2N)C(=O)N(c2c(C(C)C)cccc2C(C)C)C3=O)C(OC(C)=O)[C@@H](C)[C@@H]1C.CC(C)c1cccc(C(C)C)c1N1C(=O)c2cc(N)c(OCCO[C@@H]3OC(CO)[C@@H](O)[C@H](O)C3O)cc2C1=O.CO. The van der Waals surface area contributed by atoms with Gasteiger partial charge in [0.1, 0.15) is 55.7 Å². The van der Waals surface area contributed by atoms with Crippen molar-refractivity contribution in [3.63, 3.8) is 0 Å². The number of ether oxygens (including phenoxy) is 8. The highest BCUT2D eigenvalue weighted by Crippen LogP contribution is 2.44. The van der Waals surface area contributed by atoms with Gasteiger partial charge >= 0.3 is 11.9 Å². The minimum absolute atomic E-state index is 0.0215. The van der Waals surface area contributed by atoms with Crippen molar-refractivity contribution in [3.8, 4) is 11.5 Å². The zero-order valence-corrected chi connectivity index (χ0v) is 51.1. The Kier molecular flexibility index (Phi) is 23.4. The van der Waals surface area contributed by atoms with Gasteiger partial charge in [-0.3, -0.25) is 28.8 Å². The highest BCUT2D eigenvalue weighted by atomic mass is 16.7. The number of hydrogen-bond acceptors (Lipinski definition) is 21. The molecule has 10 atom stereocenters. The molecule has 4 unspecified atom stereocenters. The summed E-state index contributed by atoms with van der Waals surface area (Å²) in [4.78, 5) is 80.1. The molecule has 4 heterocycles. The summed E-state index contributed by atoms with van der Waals surface area (Å²) in [6.07, 6.45) is -9.05. The van der Waals surface area contributed by atoms with Crippen LogP contribution >= 0.6 is 0 Å². The maximum atomic E-state index is 13.8. The summed E-state index contributed by atoms with van der Waals surface area (Å²) < 4.78 is 45.1. The van der Waals surface area contributed by atoms with Crippen molar-refractivity contribution in [2.75, 3.05) is 68.0 Å². The van der Waals surface area contributed by atoms with Gasteiger partial charge in [0.2, 0.25) is 0 Å². The molecule has 2 saturated heterocycles. The van der Waals surface area contributed by atoms with Gasteiger partial charge in [0.15, 0.2) is 18.7 Å². The lowest BCUT2D eigenvalue weighted by molar-refractivity contribution is -0.301. The number of nitrogen functional groups attached to an aromatic ring is 2. The number of aliphatic hydroxyl groups excluding tert-OH is 5. The Balaban J connectivity index is 0.000000270. The summed E-state index contributed by atoms with van der Waals surface area (Å²) in [6.45, 7) is 22.0. The Morgan fingerprint density at radius 3 is 1.30 bits per heavy atom. The van der Waals surface area contributed by atoms with Crippen LogP contribution in [0.4, 0.5) is 22.7 Å². The van der Waals surface area contributed by atoms with Crippen molar-refractivity contribution in [1.29, 1.82) is 0 Å². The predicted molar refractivity (Wildman–Crippen MR) is 317 cm³/mol. The standard InChI is InChI=1S/C34H44N2O9.C28H36N2O9.CH4O/c1-17(2)23-10-9-11-24(18(3)4)30(23)36-32(39)25-14-27(35)28(15-26(25)33(36)40)41-12-13-42-34-31(44-22(8)38)20(6)19(5)29(45-34)16-43-21(7)37;1-13(2)15-6-5-7-16(14(3)4)22(15)30-26(35)17-10-19(29)20(11-18(17)27(30)36)37-8-9-38-28-25(34)24(33)23(32)21(12-31)39-28;1-2/h9-11,14-15,17-20,29,31,34H,12-13,16,35H2,1-8H3;5-7,10-11,13-14,21,23-25,28,31-34H,8-9,12,29H2,1-4H3;2H,1H3/t19-,20-,29?,31?,34+;21?,23-,24+,25?,28-;/m01./s1. The van der Waals surface area contributed by atoms with E-state index in [-0.39, 0.29) is 114 Å². The molecule has 0 radical (unpaired) electrons. The molecule has 0 spiro atoms. The van der Waals surface area contributed by atoms with Crippen LogP contribution < -0.4 is 30.7 Å². The van der Waals surface area contributed by atoms with E-state index in [0.717, 1.165) is 29.4 Å². The average molecular weight is 1200 g/mol. The molecular weight excluding hydrogens is 1120 g/mol. The van der Waals surface area contributed by atoms with Gasteiger partial charge < -0.3 is 74.9 Å². The molecule has 8 rings (SSSR count). The largest absolute Gasteiger partial charge is 0.489 e. The summed E-state index contributed by atoms with van der Waals surface area (Å²) in [5.74, 6) is -2.16. The van der Waals surface area contributed by atoms with Crippen molar-refractivity contribution in [3.05, 3.63) is 105 Å². The van der Waals surface area contributed by atoms with E-state index < -0.39 is 91.4 Å². The minimum atomic E-state index is -1.56. The van der Waals surface area contributed by atoms with E-state index in [1.54, 1.807) is 0 Å². The monoisotopic (exact) mass is 1200 g/mol. The number of esters is 2. The third kappa shape index (κ3) is 14.7. The van der Waals surface area contributed by atoms with Gasteiger partial charge in [0, 0.05) is 26.9 Å². The molecule has 23 nitrogen and oxygen atoms in total. The lowest BCUT2D eigenvalue weighted by atomic mass is 9.83. The molecule has 470 valence electrons. The lowest BCUT2D eigenvalue weighted by Crippen LogP contribution is -2.59. The number of carbonyl (C=O) groups is 6. The molecule has 0 aliphatic carbocycles. The van der Waals surface area contributed by atoms with E-state index in [4.69, 9.17) is 54.5 Å². The van der Waals surface area contributed by atoms with E-state index in [1.165, 1.54) is 47.9 Å². The van der Waals surface area contributed by atoms with E-state index in [2.05, 4.69) is 0 Å². The topological polar surface area (TPSA) is 336 Å². The van der Waals surface area contributed by atoms with Gasteiger partial charge in [-0.15, -0.1) is 0 Å². The summed E-state index contributed by atoms with van der Waals surface area (Å²) in [5, 5.41) is 46.2. The van der Waals surface area contributed by atoms with Crippen LogP contribution in [-0.2, 0) is 38.0 Å². The third-order valence-corrected chi connectivity index (χ3v) is 15.5. The van der Waals surface area contributed by atoms with Crippen LogP contribution in [0.5, 0.6) is 11.5 Å². The van der Waals surface area contributed by atoms with E-state index >= 15 is 0 Å². The third-order valence-electron chi connectivity index (χ3n) is 15.5. The molecule has 0 aromatic heterocycles. The van der Waals surface area contributed by atoms with Gasteiger partial charge in [-0.2, -0.15) is 0 Å². The quantitative estimate of drug-likeness (QED) is 0.0220. The van der Waals surface area contributed by atoms with Crippen LogP contribution in [0.25, 0.3) is 0 Å². The second-order valence-electron chi connectivity index (χ2n) is 22.7. The average Bonchev–Trinajstić information content (AvgIpc) is 1.61. The van der Waals surface area contributed by atoms with E-state index in [0.29, 0.717) is 11.4 Å². The fourth-order valence-electron chi connectivity index (χ4n) is 10.7. The highest BCUT2D eigenvalue weighted by molar-refractivity contribution is 6.36. The van der Waals surface area contributed by atoms with Crippen molar-refractivity contribution in [2.45, 2.75) is 156 Å². The number of anilines is 4. The molecule has 4 aromatic carbocycles. The van der Waals surface area contributed by atoms with Gasteiger partial charge in [0.05, 0.1) is 70.9 Å². The number of carbonyl (C=O) groups excluding carboxylic acids is 6. The molecule has 23 heteroatoms. The number of nitrogens with zero attached hydrogens (tertiary/aromatic N) is 2. The first-order valence-corrected chi connectivity index (χ1v) is 28.8. The van der Waals surface area contributed by atoms with Crippen LogP contribution in [0.1, 0.15) is 170 Å². The molecule has 4 aliphatic heterocycles. The molecule has 4 amide bonds. The molecule has 9 N–H and O–H groups in total. The lowest BCUT2D eigenvalue weighted by Gasteiger charge is -2.43. The fraction of sp³-hybridized carbons (Fsp3) is 0.524. The van der Waals surface area contributed by atoms with Crippen LogP contribution in [0.2, 0.25) is 0 Å². The molecule has 4 aromatic rings. The van der Waals surface area contributed by atoms with E-state index in [9.17, 15) is 49.2 Å². The predicted octanol–water partition coefficient (Wildman–Crippen LogP) is 6.32. The van der Waals surface area contributed by atoms with Crippen molar-refractivity contribution in [1.82, 2.24) is 0 Å². The first kappa shape index (κ1) is 68.1. The number of nitrogens with two attached hydrogens (primary N) is 2. The maximum Gasteiger partial charge on any atom is 0.303 e. The Morgan fingerprint density at radius 1 is 0.547 bits per heavy atom. The highest BCUT2D eigenvalue weighted by Gasteiger charge is 2.47. The number of imide groups is 2. The molecule has 0 saturated carbocycles. The van der Waals surface area contributed by atoms with Crippen molar-refractivity contribution >= 4 is 58.3 Å². The maximum absolute atomic E-state index is 13.8. The van der Waals surface area contributed by atoms with Crippen LogP contribution in [0.15, 0.2) is 60.7 Å². The smallest absolute Gasteiger partial charge is 0.303 e. The number of amides is 4. The van der Waals surface area contributed by atoms with Gasteiger partial charge in [0.25, 0.3) is 23.6 Å². The number of para-hydroxylation sites is 2. The van der Waals surface area contributed by atoms with E-state index in [1.807, 2.05) is 106 Å². The number of benzene rings is 4. The summed E-state index contributed by atoms with van der Waals surface area (Å²) in [7, 11) is 1.00. The van der Waals surface area contributed by atoms with Gasteiger partial charge in [-0.05, 0) is 76.1 Å². The molecule has 4 aliphatic rings. The summed E-state index contributed by atoms with van der Waals surface area (Å²) >= 11 is 0. The molecule has 0 bridgehead atoms. The Morgan fingerprint density at radius 2 is 0.930 bits per heavy atom. The minimum Gasteiger partial charge on any atom is -0.489 e. The zero-order chi connectivity index (χ0) is 63.8. The fourth-order valence-corrected chi connectivity index (χ4v) is 10.7. The van der Waals surface area contributed by atoms with Gasteiger partial charge in [-0.25, -0.2) is 9.80 Å². The molecule has 2 fully saturated rings. The zero-order valence-electron chi connectivity index (χ0n) is 51.1.